The van der Waals surface area contributed by atoms with Gasteiger partial charge < -0.3 is 10.4 Å². The summed E-state index contributed by atoms with van der Waals surface area (Å²) >= 11 is 11.4. The Morgan fingerprint density at radius 1 is 1.47 bits per heavy atom. The molecule has 0 saturated heterocycles. The van der Waals surface area contributed by atoms with Crippen molar-refractivity contribution in [3.8, 4) is 0 Å². The minimum atomic E-state index is -1.06. The Bertz CT molecular complexity index is 480. The molecule has 1 aromatic rings. The summed E-state index contributed by atoms with van der Waals surface area (Å²) in [5, 5.41) is 11.7. The molecule has 2 N–H and O–H groups in total. The molecule has 1 atom stereocenters. The van der Waals surface area contributed by atoms with Gasteiger partial charge in [0.25, 0.3) is 5.91 Å². The quantitative estimate of drug-likeness (QED) is 0.792. The zero-order valence-electron chi connectivity index (χ0n) is 10.3. The topological polar surface area (TPSA) is 79.3 Å². The monoisotopic (exact) mass is 304 g/mol. The van der Waals surface area contributed by atoms with Gasteiger partial charge in [0.05, 0.1) is 10.6 Å². The van der Waals surface area contributed by atoms with Crippen LogP contribution in [0.1, 0.15) is 36.5 Å². The molecule has 1 heterocycles. The first-order valence-electron chi connectivity index (χ1n) is 5.80. The number of aromatic nitrogens is 1. The van der Waals surface area contributed by atoms with Gasteiger partial charge in [0, 0.05) is 6.20 Å². The van der Waals surface area contributed by atoms with E-state index < -0.39 is 17.9 Å². The first-order chi connectivity index (χ1) is 8.95. The third-order valence-electron chi connectivity index (χ3n) is 2.51. The van der Waals surface area contributed by atoms with Crippen LogP contribution in [0, 0.1) is 0 Å². The zero-order valence-corrected chi connectivity index (χ0v) is 11.8. The summed E-state index contributed by atoms with van der Waals surface area (Å²) in [5.41, 5.74) is 0.178. The lowest BCUT2D eigenvalue weighted by atomic mass is 10.1. The van der Waals surface area contributed by atoms with Gasteiger partial charge >= 0.3 is 5.97 Å². The normalized spacial score (nSPS) is 11.9. The van der Waals surface area contributed by atoms with Crippen LogP contribution in [0.5, 0.6) is 0 Å². The number of carbonyl (C=O) groups is 2. The first kappa shape index (κ1) is 15.7. The standard InChI is InChI=1S/C12H14Cl2N2O3/c1-2-3-4-9(12(18)19)16-11(17)7-5-8(13)10(14)15-6-7/h5-6,9H,2-4H2,1H3,(H,16,17)(H,18,19)/t9-/m0/s1. The van der Waals surface area contributed by atoms with E-state index in [1.807, 2.05) is 6.92 Å². The molecular formula is C12H14Cl2N2O3. The molecule has 0 aliphatic heterocycles. The number of carbonyl (C=O) groups excluding carboxylic acids is 1. The maximum Gasteiger partial charge on any atom is 0.326 e. The minimum absolute atomic E-state index is 0.0963. The average Bonchev–Trinajstić information content (AvgIpc) is 2.37. The fraction of sp³-hybridized carbons (Fsp3) is 0.417. The number of amides is 1. The molecule has 0 aromatic carbocycles. The number of hydrogen-bond donors (Lipinski definition) is 2. The van der Waals surface area contributed by atoms with Crippen LogP contribution in [0.15, 0.2) is 12.3 Å². The fourth-order valence-electron chi connectivity index (χ4n) is 1.45. The second-order valence-corrected chi connectivity index (χ2v) is 4.77. The van der Waals surface area contributed by atoms with Crippen LogP contribution in [0.25, 0.3) is 0 Å². The fourth-order valence-corrected chi connectivity index (χ4v) is 1.72. The molecule has 104 valence electrons. The number of halogens is 2. The number of nitrogens with zero attached hydrogens (tertiary/aromatic N) is 1. The molecule has 1 aromatic heterocycles. The number of hydrogen-bond acceptors (Lipinski definition) is 3. The maximum atomic E-state index is 11.9. The molecule has 1 amide bonds. The third kappa shape index (κ3) is 4.69. The molecule has 5 nitrogen and oxygen atoms in total. The molecule has 0 saturated carbocycles. The summed E-state index contributed by atoms with van der Waals surface area (Å²) in [7, 11) is 0. The Kier molecular flexibility index (Phi) is 6.05. The van der Waals surface area contributed by atoms with Crippen LogP contribution < -0.4 is 5.32 Å². The average molecular weight is 305 g/mol. The molecule has 0 aliphatic rings. The molecule has 7 heteroatoms. The lowest BCUT2D eigenvalue weighted by Gasteiger charge is -2.14. The predicted octanol–water partition coefficient (Wildman–Crippen LogP) is 2.76. The van der Waals surface area contributed by atoms with Gasteiger partial charge in [0.15, 0.2) is 0 Å². The van der Waals surface area contributed by atoms with Gasteiger partial charge in [0.1, 0.15) is 11.2 Å². The third-order valence-corrected chi connectivity index (χ3v) is 3.19. The zero-order chi connectivity index (χ0) is 14.4. The SMILES string of the molecule is CCCC[C@H](NC(=O)c1cnc(Cl)c(Cl)c1)C(=O)O. The van der Waals surface area contributed by atoms with Gasteiger partial charge in [-0.1, -0.05) is 43.0 Å². The van der Waals surface area contributed by atoms with E-state index in [2.05, 4.69) is 10.3 Å². The van der Waals surface area contributed by atoms with Crippen LogP contribution in [0.4, 0.5) is 0 Å². The lowest BCUT2D eigenvalue weighted by Crippen LogP contribution is -2.40. The van der Waals surface area contributed by atoms with Crippen LogP contribution in [-0.4, -0.2) is 28.0 Å². The van der Waals surface area contributed by atoms with E-state index in [0.29, 0.717) is 6.42 Å². The van der Waals surface area contributed by atoms with Crippen molar-refractivity contribution >= 4 is 35.1 Å². The molecular weight excluding hydrogens is 291 g/mol. The summed E-state index contributed by atoms with van der Waals surface area (Å²) < 4.78 is 0. The predicted molar refractivity (Wildman–Crippen MR) is 72.7 cm³/mol. The highest BCUT2D eigenvalue weighted by Crippen LogP contribution is 2.19. The van der Waals surface area contributed by atoms with Gasteiger partial charge in [-0.3, -0.25) is 4.79 Å². The van der Waals surface area contributed by atoms with E-state index in [0.717, 1.165) is 12.8 Å². The highest BCUT2D eigenvalue weighted by molar-refractivity contribution is 6.41. The number of aliphatic carboxylic acids is 1. The van der Waals surface area contributed by atoms with Gasteiger partial charge in [-0.2, -0.15) is 0 Å². The number of unbranched alkanes of at least 4 members (excludes halogenated alkanes) is 1. The van der Waals surface area contributed by atoms with Gasteiger partial charge in [-0.25, -0.2) is 9.78 Å². The Labute approximate surface area is 120 Å². The molecule has 0 unspecified atom stereocenters. The van der Waals surface area contributed by atoms with Crippen molar-refractivity contribution in [3.05, 3.63) is 28.0 Å². The highest BCUT2D eigenvalue weighted by Gasteiger charge is 2.20. The van der Waals surface area contributed by atoms with Crippen molar-refractivity contribution in [2.24, 2.45) is 0 Å². The molecule has 0 fully saturated rings. The number of rotatable bonds is 6. The smallest absolute Gasteiger partial charge is 0.326 e. The summed E-state index contributed by atoms with van der Waals surface area (Å²) in [5.74, 6) is -1.59. The molecule has 1 rings (SSSR count). The van der Waals surface area contributed by atoms with E-state index in [1.165, 1.54) is 12.3 Å². The lowest BCUT2D eigenvalue weighted by molar-refractivity contribution is -0.139. The van der Waals surface area contributed by atoms with E-state index in [-0.39, 0.29) is 15.7 Å². The molecule has 0 bridgehead atoms. The number of pyridine rings is 1. The van der Waals surface area contributed by atoms with Crippen molar-refractivity contribution in [3.63, 3.8) is 0 Å². The molecule has 0 aliphatic carbocycles. The summed E-state index contributed by atoms with van der Waals surface area (Å²) in [6.45, 7) is 1.95. The van der Waals surface area contributed by atoms with Crippen LogP contribution in [0.2, 0.25) is 10.2 Å². The summed E-state index contributed by atoms with van der Waals surface area (Å²) in [6, 6.07) is 0.437. The van der Waals surface area contributed by atoms with E-state index in [9.17, 15) is 9.59 Å². The summed E-state index contributed by atoms with van der Waals surface area (Å²) in [4.78, 5) is 26.6. The first-order valence-corrected chi connectivity index (χ1v) is 6.56. The minimum Gasteiger partial charge on any atom is -0.480 e. The second-order valence-electron chi connectivity index (χ2n) is 4.00. The Balaban J connectivity index is 2.75. The number of carboxylic acids is 1. The van der Waals surface area contributed by atoms with Gasteiger partial charge in [-0.15, -0.1) is 0 Å². The largest absolute Gasteiger partial charge is 0.480 e. The number of nitrogens with one attached hydrogen (secondary N) is 1. The Morgan fingerprint density at radius 3 is 2.68 bits per heavy atom. The molecule has 0 radical (unpaired) electrons. The van der Waals surface area contributed by atoms with Crippen molar-refractivity contribution in [1.82, 2.24) is 10.3 Å². The highest BCUT2D eigenvalue weighted by atomic mass is 35.5. The van der Waals surface area contributed by atoms with Crippen LogP contribution >= 0.6 is 23.2 Å². The van der Waals surface area contributed by atoms with E-state index in [4.69, 9.17) is 28.3 Å². The number of carboxylic acid groups (broad SMARTS) is 1. The second kappa shape index (κ2) is 7.31. The van der Waals surface area contributed by atoms with Crippen molar-refractivity contribution < 1.29 is 14.7 Å². The molecule has 19 heavy (non-hydrogen) atoms. The molecule has 0 spiro atoms. The maximum absolute atomic E-state index is 11.9. The Morgan fingerprint density at radius 2 is 2.16 bits per heavy atom. The van der Waals surface area contributed by atoms with Crippen molar-refractivity contribution in [1.29, 1.82) is 0 Å². The van der Waals surface area contributed by atoms with Crippen molar-refractivity contribution in [2.75, 3.05) is 0 Å². The van der Waals surface area contributed by atoms with E-state index in [1.54, 1.807) is 0 Å². The van der Waals surface area contributed by atoms with Crippen LogP contribution in [0.3, 0.4) is 0 Å². The summed E-state index contributed by atoms with van der Waals surface area (Å²) in [6.07, 6.45) is 3.21. The van der Waals surface area contributed by atoms with E-state index >= 15 is 0 Å². The van der Waals surface area contributed by atoms with Gasteiger partial charge in [-0.05, 0) is 12.5 Å². The van der Waals surface area contributed by atoms with Crippen LogP contribution in [-0.2, 0) is 4.79 Å². The van der Waals surface area contributed by atoms with Crippen molar-refractivity contribution in [2.45, 2.75) is 32.2 Å². The van der Waals surface area contributed by atoms with Gasteiger partial charge in [0.2, 0.25) is 0 Å². The Hall–Kier alpha value is -1.33.